The molecular formula is C16H13ClF3NO. The molecule has 116 valence electrons. The molecule has 0 heterocycles. The Morgan fingerprint density at radius 1 is 1.18 bits per heavy atom. The van der Waals surface area contributed by atoms with Crippen LogP contribution in [0.3, 0.4) is 0 Å². The van der Waals surface area contributed by atoms with Gasteiger partial charge in [0.1, 0.15) is 0 Å². The number of carbonyl (C=O) groups excluding carboxylic acids is 1. The van der Waals surface area contributed by atoms with E-state index < -0.39 is 17.6 Å². The molecule has 2 aromatic carbocycles. The maximum absolute atomic E-state index is 12.6. The molecule has 22 heavy (non-hydrogen) atoms. The SMILES string of the molecule is Cc1c(Cl)cccc1NC(=O)Cc1cccc(C(F)(F)F)c1. The molecule has 2 rings (SSSR count). The van der Waals surface area contributed by atoms with Crippen molar-refractivity contribution in [2.24, 2.45) is 0 Å². The fourth-order valence-electron chi connectivity index (χ4n) is 1.98. The van der Waals surface area contributed by atoms with E-state index in [9.17, 15) is 18.0 Å². The zero-order valence-corrected chi connectivity index (χ0v) is 12.4. The summed E-state index contributed by atoms with van der Waals surface area (Å²) in [6, 6.07) is 9.79. The van der Waals surface area contributed by atoms with Crippen LogP contribution < -0.4 is 5.32 Å². The second-order valence-electron chi connectivity index (χ2n) is 4.84. The quantitative estimate of drug-likeness (QED) is 0.858. The summed E-state index contributed by atoms with van der Waals surface area (Å²) < 4.78 is 37.9. The Balaban J connectivity index is 2.11. The van der Waals surface area contributed by atoms with Crippen molar-refractivity contribution in [1.29, 1.82) is 0 Å². The Bertz CT molecular complexity index is 698. The zero-order chi connectivity index (χ0) is 16.3. The first-order valence-electron chi connectivity index (χ1n) is 6.48. The molecule has 0 atom stereocenters. The van der Waals surface area contributed by atoms with Gasteiger partial charge < -0.3 is 5.32 Å². The maximum Gasteiger partial charge on any atom is 0.416 e. The first-order chi connectivity index (χ1) is 10.3. The number of amides is 1. The van der Waals surface area contributed by atoms with Gasteiger partial charge in [-0.25, -0.2) is 0 Å². The van der Waals surface area contributed by atoms with Gasteiger partial charge in [-0.2, -0.15) is 13.2 Å². The molecule has 0 saturated heterocycles. The highest BCUT2D eigenvalue weighted by atomic mass is 35.5. The van der Waals surface area contributed by atoms with Gasteiger partial charge in [0, 0.05) is 10.7 Å². The third kappa shape index (κ3) is 4.01. The van der Waals surface area contributed by atoms with Gasteiger partial charge in [0.2, 0.25) is 5.91 Å². The third-order valence-electron chi connectivity index (χ3n) is 3.16. The van der Waals surface area contributed by atoms with Gasteiger partial charge in [0.25, 0.3) is 0 Å². The van der Waals surface area contributed by atoms with Crippen molar-refractivity contribution >= 4 is 23.2 Å². The van der Waals surface area contributed by atoms with Crippen LogP contribution in [0, 0.1) is 6.92 Å². The number of rotatable bonds is 3. The third-order valence-corrected chi connectivity index (χ3v) is 3.57. The molecule has 6 heteroatoms. The highest BCUT2D eigenvalue weighted by Crippen LogP contribution is 2.29. The number of hydrogen-bond donors (Lipinski definition) is 1. The van der Waals surface area contributed by atoms with Crippen LogP contribution in [0.2, 0.25) is 5.02 Å². The van der Waals surface area contributed by atoms with E-state index in [0.717, 1.165) is 12.1 Å². The molecule has 0 aromatic heterocycles. The lowest BCUT2D eigenvalue weighted by Crippen LogP contribution is -2.16. The second-order valence-corrected chi connectivity index (χ2v) is 5.24. The van der Waals surface area contributed by atoms with E-state index in [1.807, 2.05) is 0 Å². The molecule has 2 aromatic rings. The number of benzene rings is 2. The number of nitrogens with one attached hydrogen (secondary N) is 1. The Labute approximate surface area is 130 Å². The minimum Gasteiger partial charge on any atom is -0.326 e. The van der Waals surface area contributed by atoms with Gasteiger partial charge in [-0.15, -0.1) is 0 Å². The molecule has 0 bridgehead atoms. The lowest BCUT2D eigenvalue weighted by Gasteiger charge is -2.11. The monoisotopic (exact) mass is 327 g/mol. The first kappa shape index (κ1) is 16.4. The van der Waals surface area contributed by atoms with Gasteiger partial charge in [-0.3, -0.25) is 4.79 Å². The standard InChI is InChI=1S/C16H13ClF3NO/c1-10-13(17)6-3-7-14(10)21-15(22)9-11-4-2-5-12(8-11)16(18,19)20/h2-8H,9H2,1H3,(H,21,22). The van der Waals surface area contributed by atoms with Gasteiger partial charge in [0.15, 0.2) is 0 Å². The second kappa shape index (κ2) is 6.40. The average Bonchev–Trinajstić information content (AvgIpc) is 2.43. The van der Waals surface area contributed by atoms with Crippen molar-refractivity contribution in [3.05, 3.63) is 64.2 Å². The van der Waals surface area contributed by atoms with Crippen molar-refractivity contribution in [2.75, 3.05) is 5.32 Å². The van der Waals surface area contributed by atoms with E-state index in [4.69, 9.17) is 11.6 Å². The van der Waals surface area contributed by atoms with Crippen LogP contribution in [0.1, 0.15) is 16.7 Å². The van der Waals surface area contributed by atoms with E-state index in [0.29, 0.717) is 21.8 Å². The van der Waals surface area contributed by atoms with Crippen LogP contribution in [0.25, 0.3) is 0 Å². The number of alkyl halides is 3. The molecule has 0 aliphatic rings. The summed E-state index contributed by atoms with van der Waals surface area (Å²) in [5, 5.41) is 3.16. The summed E-state index contributed by atoms with van der Waals surface area (Å²) in [4.78, 5) is 12.0. The average molecular weight is 328 g/mol. The van der Waals surface area contributed by atoms with Crippen LogP contribution >= 0.6 is 11.6 Å². The number of carbonyl (C=O) groups is 1. The fourth-order valence-corrected chi connectivity index (χ4v) is 2.15. The summed E-state index contributed by atoms with van der Waals surface area (Å²) in [6.07, 6.45) is -4.56. The molecule has 0 aliphatic heterocycles. The lowest BCUT2D eigenvalue weighted by atomic mass is 10.1. The number of anilines is 1. The molecule has 2 nitrogen and oxygen atoms in total. The van der Waals surface area contributed by atoms with E-state index in [2.05, 4.69) is 5.32 Å². The van der Waals surface area contributed by atoms with E-state index in [-0.39, 0.29) is 6.42 Å². The molecule has 0 aliphatic carbocycles. The van der Waals surface area contributed by atoms with E-state index in [1.54, 1.807) is 25.1 Å². The molecule has 0 radical (unpaired) electrons. The predicted molar refractivity (Wildman–Crippen MR) is 80.0 cm³/mol. The van der Waals surface area contributed by atoms with Crippen molar-refractivity contribution in [2.45, 2.75) is 19.5 Å². The predicted octanol–water partition coefficient (Wildman–Crippen LogP) is 4.85. The van der Waals surface area contributed by atoms with E-state index in [1.165, 1.54) is 12.1 Å². The summed E-state index contributed by atoms with van der Waals surface area (Å²) in [5.74, 6) is -0.398. The van der Waals surface area contributed by atoms with Gasteiger partial charge in [-0.1, -0.05) is 35.9 Å². The Kier molecular flexibility index (Phi) is 4.76. The molecule has 1 amide bonds. The van der Waals surface area contributed by atoms with Crippen molar-refractivity contribution < 1.29 is 18.0 Å². The summed E-state index contributed by atoms with van der Waals surface area (Å²) in [6.45, 7) is 1.75. The van der Waals surface area contributed by atoms with Gasteiger partial charge in [-0.05, 0) is 36.2 Å². The molecule has 0 unspecified atom stereocenters. The molecule has 0 fully saturated rings. The van der Waals surface area contributed by atoms with Crippen LogP contribution in [-0.4, -0.2) is 5.91 Å². The maximum atomic E-state index is 12.6. The highest BCUT2D eigenvalue weighted by molar-refractivity contribution is 6.31. The van der Waals surface area contributed by atoms with Crippen LogP contribution in [-0.2, 0) is 17.4 Å². The molecule has 0 spiro atoms. The Hall–Kier alpha value is -2.01. The number of halogens is 4. The molecule has 0 saturated carbocycles. The minimum absolute atomic E-state index is 0.143. The normalized spacial score (nSPS) is 11.3. The molecule has 1 N–H and O–H groups in total. The van der Waals surface area contributed by atoms with Crippen molar-refractivity contribution in [1.82, 2.24) is 0 Å². The van der Waals surface area contributed by atoms with Crippen molar-refractivity contribution in [3.8, 4) is 0 Å². The van der Waals surface area contributed by atoms with Gasteiger partial charge >= 0.3 is 6.18 Å². The topological polar surface area (TPSA) is 29.1 Å². The van der Waals surface area contributed by atoms with Crippen LogP contribution in [0.4, 0.5) is 18.9 Å². The summed E-state index contributed by atoms with van der Waals surface area (Å²) in [5.41, 5.74) is 0.787. The molecular weight excluding hydrogens is 315 g/mol. The fraction of sp³-hybridized carbons (Fsp3) is 0.188. The van der Waals surface area contributed by atoms with Gasteiger partial charge in [0.05, 0.1) is 12.0 Å². The van der Waals surface area contributed by atoms with Crippen LogP contribution in [0.5, 0.6) is 0 Å². The minimum atomic E-state index is -4.42. The highest BCUT2D eigenvalue weighted by Gasteiger charge is 2.30. The van der Waals surface area contributed by atoms with E-state index >= 15 is 0 Å². The number of hydrogen-bond acceptors (Lipinski definition) is 1. The van der Waals surface area contributed by atoms with Crippen molar-refractivity contribution in [3.63, 3.8) is 0 Å². The van der Waals surface area contributed by atoms with Crippen LogP contribution in [0.15, 0.2) is 42.5 Å². The first-order valence-corrected chi connectivity index (χ1v) is 6.86. The Morgan fingerprint density at radius 3 is 2.55 bits per heavy atom. The largest absolute Gasteiger partial charge is 0.416 e. The summed E-state index contributed by atoms with van der Waals surface area (Å²) >= 11 is 5.95. The summed E-state index contributed by atoms with van der Waals surface area (Å²) in [7, 11) is 0. The zero-order valence-electron chi connectivity index (χ0n) is 11.7. The Morgan fingerprint density at radius 2 is 1.86 bits per heavy atom. The smallest absolute Gasteiger partial charge is 0.326 e. The lowest BCUT2D eigenvalue weighted by molar-refractivity contribution is -0.137.